The average molecular weight is 300 g/mol. The predicted molar refractivity (Wildman–Crippen MR) is 90.1 cm³/mol. The molecule has 1 unspecified atom stereocenters. The Labute approximate surface area is 126 Å². The Balaban J connectivity index is 2.46. The lowest BCUT2D eigenvalue weighted by molar-refractivity contribution is 0.231. The molecule has 0 aliphatic carbocycles. The van der Waals surface area contributed by atoms with E-state index < -0.39 is 13.2 Å². The molecule has 0 aromatic heterocycles. The third kappa shape index (κ3) is 3.72. The molecule has 0 saturated heterocycles. The molecule has 2 aromatic carbocycles. The number of hydrogen-bond donors (Lipinski definition) is 1. The van der Waals surface area contributed by atoms with Crippen LogP contribution in [-0.2, 0) is 4.57 Å². The molecule has 1 N–H and O–H groups in total. The Bertz CT molecular complexity index is 602. The van der Waals surface area contributed by atoms with Crippen molar-refractivity contribution in [1.29, 1.82) is 0 Å². The molecule has 0 heterocycles. The number of aliphatic hydroxyl groups is 1. The summed E-state index contributed by atoms with van der Waals surface area (Å²) in [6, 6.07) is 19.2. The molecule has 3 heteroatoms. The number of rotatable bonds is 5. The van der Waals surface area contributed by atoms with E-state index in [0.29, 0.717) is 6.16 Å². The van der Waals surface area contributed by atoms with Crippen LogP contribution >= 0.6 is 7.14 Å². The topological polar surface area (TPSA) is 37.3 Å². The van der Waals surface area contributed by atoms with Crippen LogP contribution in [0.15, 0.2) is 72.3 Å². The van der Waals surface area contributed by atoms with E-state index in [1.54, 1.807) is 6.92 Å². The van der Waals surface area contributed by atoms with E-state index in [1.807, 2.05) is 73.7 Å². The Morgan fingerprint density at radius 1 is 1.05 bits per heavy atom. The quantitative estimate of drug-likeness (QED) is 0.679. The van der Waals surface area contributed by atoms with E-state index in [2.05, 4.69) is 0 Å². The van der Waals surface area contributed by atoms with E-state index in [1.165, 1.54) is 0 Å². The van der Waals surface area contributed by atoms with Gasteiger partial charge >= 0.3 is 0 Å². The normalized spacial score (nSPS) is 14.0. The maximum Gasteiger partial charge on any atom is 0.146 e. The van der Waals surface area contributed by atoms with Gasteiger partial charge in [0.2, 0.25) is 0 Å². The van der Waals surface area contributed by atoms with Crippen molar-refractivity contribution in [2.24, 2.45) is 0 Å². The van der Waals surface area contributed by atoms with E-state index in [0.717, 1.165) is 16.2 Å². The maximum atomic E-state index is 13.6. The van der Waals surface area contributed by atoms with Gasteiger partial charge in [-0.25, -0.2) is 0 Å². The molecule has 0 aliphatic rings. The third-order valence-corrected chi connectivity index (χ3v) is 6.64. The summed E-state index contributed by atoms with van der Waals surface area (Å²) >= 11 is 0. The van der Waals surface area contributed by atoms with Crippen LogP contribution in [0.4, 0.5) is 0 Å². The average Bonchev–Trinajstić information content (AvgIpc) is 2.53. The largest absolute Gasteiger partial charge is 0.389 e. The highest BCUT2D eigenvalue weighted by Gasteiger charge is 2.25. The zero-order valence-corrected chi connectivity index (χ0v) is 13.3. The fourth-order valence-corrected chi connectivity index (χ4v) is 4.71. The van der Waals surface area contributed by atoms with Crippen molar-refractivity contribution in [3.63, 3.8) is 0 Å². The molecule has 110 valence electrons. The first-order valence-electron chi connectivity index (χ1n) is 7.09. The van der Waals surface area contributed by atoms with Gasteiger partial charge in [-0.15, -0.1) is 0 Å². The van der Waals surface area contributed by atoms with Crippen LogP contribution in [0.3, 0.4) is 0 Å². The summed E-state index contributed by atoms with van der Waals surface area (Å²) in [4.78, 5) is 0. The standard InChI is InChI=1S/C18H21O2P/c1-15(16(2)19)13-14-21(20,17-9-5-3-6-10-17)18-11-7-4-8-12-18/h3-13,16,19H,14H2,1-2H3/b15-13+. The number of benzene rings is 2. The van der Waals surface area contributed by atoms with Crippen molar-refractivity contribution in [1.82, 2.24) is 0 Å². The van der Waals surface area contributed by atoms with Crippen molar-refractivity contribution in [2.75, 3.05) is 6.16 Å². The Morgan fingerprint density at radius 3 is 1.86 bits per heavy atom. The summed E-state index contributed by atoms with van der Waals surface area (Å²) in [6.07, 6.45) is 1.81. The molecule has 0 amide bonds. The Kier molecular flexibility index (Phi) is 5.17. The molecule has 0 bridgehead atoms. The maximum absolute atomic E-state index is 13.6. The molecule has 0 fully saturated rings. The second-order valence-corrected chi connectivity index (χ2v) is 8.09. The molecule has 21 heavy (non-hydrogen) atoms. The monoisotopic (exact) mass is 300 g/mol. The molecule has 2 nitrogen and oxygen atoms in total. The van der Waals surface area contributed by atoms with Crippen molar-refractivity contribution < 1.29 is 9.67 Å². The van der Waals surface area contributed by atoms with Crippen molar-refractivity contribution >= 4 is 17.8 Å². The minimum atomic E-state index is -2.71. The van der Waals surface area contributed by atoms with Gasteiger partial charge in [-0.3, -0.25) is 0 Å². The summed E-state index contributed by atoms with van der Waals surface area (Å²) in [5.41, 5.74) is 0.849. The van der Waals surface area contributed by atoms with Gasteiger partial charge in [0.1, 0.15) is 7.14 Å². The molecule has 2 aromatic rings. The summed E-state index contributed by atoms with van der Waals surface area (Å²) in [5, 5.41) is 11.3. The lowest BCUT2D eigenvalue weighted by atomic mass is 10.2. The summed E-state index contributed by atoms with van der Waals surface area (Å²) in [5.74, 6) is 0. The Morgan fingerprint density at radius 2 is 1.48 bits per heavy atom. The minimum Gasteiger partial charge on any atom is -0.389 e. The highest BCUT2D eigenvalue weighted by molar-refractivity contribution is 7.78. The van der Waals surface area contributed by atoms with Gasteiger partial charge in [0.15, 0.2) is 0 Å². The first-order chi connectivity index (χ1) is 10.0. The molecule has 1 atom stereocenters. The van der Waals surface area contributed by atoms with Gasteiger partial charge in [-0.05, 0) is 19.4 Å². The SMILES string of the molecule is C/C(=C\CP(=O)(c1ccccc1)c1ccccc1)C(C)O. The fourth-order valence-electron chi connectivity index (χ4n) is 2.14. The Hall–Kier alpha value is -1.63. The smallest absolute Gasteiger partial charge is 0.146 e. The van der Waals surface area contributed by atoms with Crippen LogP contribution in [-0.4, -0.2) is 17.4 Å². The number of allylic oxidation sites excluding steroid dienone is 1. The second kappa shape index (κ2) is 6.89. The first kappa shape index (κ1) is 15.8. The van der Waals surface area contributed by atoms with Crippen LogP contribution in [0.5, 0.6) is 0 Å². The molecule has 0 spiro atoms. The van der Waals surface area contributed by atoms with Gasteiger partial charge in [-0.1, -0.05) is 66.7 Å². The lowest BCUT2D eigenvalue weighted by Gasteiger charge is -2.18. The van der Waals surface area contributed by atoms with E-state index in [9.17, 15) is 9.67 Å². The molecule has 2 rings (SSSR count). The summed E-state index contributed by atoms with van der Waals surface area (Å²) in [7, 11) is -2.71. The highest BCUT2D eigenvalue weighted by Crippen LogP contribution is 2.43. The van der Waals surface area contributed by atoms with Gasteiger partial charge < -0.3 is 9.67 Å². The van der Waals surface area contributed by atoms with Gasteiger partial charge in [0, 0.05) is 16.8 Å². The van der Waals surface area contributed by atoms with E-state index >= 15 is 0 Å². The highest BCUT2D eigenvalue weighted by atomic mass is 31.2. The number of hydrogen-bond acceptors (Lipinski definition) is 2. The van der Waals surface area contributed by atoms with Crippen LogP contribution in [0.2, 0.25) is 0 Å². The first-order valence-corrected chi connectivity index (χ1v) is 8.98. The van der Waals surface area contributed by atoms with E-state index in [-0.39, 0.29) is 0 Å². The zero-order chi connectivity index (χ0) is 15.3. The molecule has 0 saturated carbocycles. The molecule has 0 aliphatic heterocycles. The summed E-state index contributed by atoms with van der Waals surface area (Å²) < 4.78 is 13.6. The van der Waals surface area contributed by atoms with Crippen LogP contribution in [0, 0.1) is 0 Å². The third-order valence-electron chi connectivity index (χ3n) is 3.68. The predicted octanol–water partition coefficient (Wildman–Crippen LogP) is 3.33. The molecular weight excluding hydrogens is 279 g/mol. The van der Waals surface area contributed by atoms with Crippen molar-refractivity contribution in [3.8, 4) is 0 Å². The second-order valence-electron chi connectivity index (χ2n) is 5.22. The summed E-state index contributed by atoms with van der Waals surface area (Å²) in [6.45, 7) is 3.59. The van der Waals surface area contributed by atoms with Crippen molar-refractivity contribution in [3.05, 3.63) is 72.3 Å². The zero-order valence-electron chi connectivity index (χ0n) is 12.4. The van der Waals surface area contributed by atoms with Crippen molar-refractivity contribution in [2.45, 2.75) is 20.0 Å². The lowest BCUT2D eigenvalue weighted by Crippen LogP contribution is -2.18. The van der Waals surface area contributed by atoms with Gasteiger partial charge in [-0.2, -0.15) is 0 Å². The van der Waals surface area contributed by atoms with Crippen LogP contribution < -0.4 is 10.6 Å². The van der Waals surface area contributed by atoms with Crippen LogP contribution in [0.1, 0.15) is 13.8 Å². The van der Waals surface area contributed by atoms with Gasteiger partial charge in [0.05, 0.1) is 6.10 Å². The van der Waals surface area contributed by atoms with Crippen LogP contribution in [0.25, 0.3) is 0 Å². The molecular formula is C18H21O2P. The van der Waals surface area contributed by atoms with Gasteiger partial charge in [0.25, 0.3) is 0 Å². The molecule has 0 radical (unpaired) electrons. The number of aliphatic hydroxyl groups excluding tert-OH is 1. The fraction of sp³-hybridized carbons (Fsp3) is 0.222. The van der Waals surface area contributed by atoms with E-state index in [4.69, 9.17) is 0 Å². The minimum absolute atomic E-state index is 0.428.